The third-order valence-electron chi connectivity index (χ3n) is 3.71. The fourth-order valence-electron chi connectivity index (χ4n) is 2.35. The van der Waals surface area contributed by atoms with Gasteiger partial charge in [0, 0.05) is 18.1 Å². The summed E-state index contributed by atoms with van der Waals surface area (Å²) in [6.45, 7) is 0. The Morgan fingerprint density at radius 3 is 2.91 bits per heavy atom. The standard InChI is InChI=1S/C16H15FN4O/c1-18-9-2-6-13-11(8-9)15(21-20-13)14-7-5-12(17)16(19-14)22-10-3-4-10/h2,5-8,10,18H,3-4H2,1H3,(H,20,21). The molecule has 5 nitrogen and oxygen atoms in total. The number of halogens is 1. The highest BCUT2D eigenvalue weighted by Crippen LogP contribution is 2.31. The zero-order valence-corrected chi connectivity index (χ0v) is 12.1. The van der Waals surface area contributed by atoms with E-state index in [-0.39, 0.29) is 12.0 Å². The molecule has 1 aromatic carbocycles. The molecule has 2 heterocycles. The number of ether oxygens (including phenoxy) is 1. The summed E-state index contributed by atoms with van der Waals surface area (Å²) in [5, 5.41) is 11.3. The minimum absolute atomic E-state index is 0.0564. The van der Waals surface area contributed by atoms with E-state index in [9.17, 15) is 4.39 Å². The van der Waals surface area contributed by atoms with Crippen LogP contribution in [0.5, 0.6) is 5.88 Å². The van der Waals surface area contributed by atoms with Crippen LogP contribution in [0.4, 0.5) is 10.1 Å². The van der Waals surface area contributed by atoms with Crippen LogP contribution in [0.15, 0.2) is 30.3 Å². The first-order chi connectivity index (χ1) is 10.7. The fourth-order valence-corrected chi connectivity index (χ4v) is 2.35. The lowest BCUT2D eigenvalue weighted by Gasteiger charge is -2.06. The molecule has 0 spiro atoms. The Bertz CT molecular complexity index is 841. The predicted molar refractivity (Wildman–Crippen MR) is 82.5 cm³/mol. The largest absolute Gasteiger partial charge is 0.472 e. The number of rotatable bonds is 4. The number of nitrogens with zero attached hydrogens (tertiary/aromatic N) is 2. The van der Waals surface area contributed by atoms with Crippen LogP contribution in [0, 0.1) is 5.82 Å². The number of pyridine rings is 1. The highest BCUT2D eigenvalue weighted by Gasteiger charge is 2.26. The Labute approximate surface area is 126 Å². The lowest BCUT2D eigenvalue weighted by molar-refractivity contribution is 0.275. The molecule has 0 bridgehead atoms. The fraction of sp³-hybridized carbons (Fsp3) is 0.250. The molecule has 112 valence electrons. The molecule has 3 aromatic rings. The number of hydrogen-bond donors (Lipinski definition) is 2. The van der Waals surface area contributed by atoms with Crippen molar-refractivity contribution in [2.75, 3.05) is 12.4 Å². The summed E-state index contributed by atoms with van der Waals surface area (Å²) >= 11 is 0. The lowest BCUT2D eigenvalue weighted by Crippen LogP contribution is -2.01. The van der Waals surface area contributed by atoms with Gasteiger partial charge in [0.15, 0.2) is 5.82 Å². The van der Waals surface area contributed by atoms with Crippen LogP contribution in [0.2, 0.25) is 0 Å². The second kappa shape index (κ2) is 4.98. The van der Waals surface area contributed by atoms with Crippen LogP contribution in [0.3, 0.4) is 0 Å². The first kappa shape index (κ1) is 13.1. The van der Waals surface area contributed by atoms with Gasteiger partial charge in [0.2, 0.25) is 0 Å². The van der Waals surface area contributed by atoms with Gasteiger partial charge in [-0.25, -0.2) is 9.37 Å². The molecule has 2 N–H and O–H groups in total. The van der Waals surface area contributed by atoms with Gasteiger partial charge < -0.3 is 10.1 Å². The number of benzene rings is 1. The molecule has 0 aliphatic heterocycles. The van der Waals surface area contributed by atoms with Crippen molar-refractivity contribution in [3.63, 3.8) is 0 Å². The number of hydrogen-bond acceptors (Lipinski definition) is 4. The zero-order valence-electron chi connectivity index (χ0n) is 12.1. The molecule has 0 atom stereocenters. The predicted octanol–water partition coefficient (Wildman–Crippen LogP) is 3.35. The molecule has 1 aliphatic carbocycles. The van der Waals surface area contributed by atoms with E-state index in [1.54, 1.807) is 6.07 Å². The van der Waals surface area contributed by atoms with Crippen LogP contribution in [-0.4, -0.2) is 28.3 Å². The Hall–Kier alpha value is -2.63. The number of aromatic amines is 1. The zero-order chi connectivity index (χ0) is 15.1. The van der Waals surface area contributed by atoms with Gasteiger partial charge in [0.25, 0.3) is 5.88 Å². The molecule has 2 aromatic heterocycles. The third-order valence-corrected chi connectivity index (χ3v) is 3.71. The van der Waals surface area contributed by atoms with Crippen molar-refractivity contribution in [3.8, 4) is 17.3 Å². The number of fused-ring (bicyclic) bond motifs is 1. The van der Waals surface area contributed by atoms with E-state index in [0.717, 1.165) is 29.4 Å². The van der Waals surface area contributed by atoms with E-state index in [1.165, 1.54) is 6.07 Å². The molecule has 1 aliphatic rings. The normalized spacial score (nSPS) is 14.3. The van der Waals surface area contributed by atoms with E-state index in [4.69, 9.17) is 4.74 Å². The number of nitrogens with one attached hydrogen (secondary N) is 2. The van der Waals surface area contributed by atoms with Crippen molar-refractivity contribution in [2.24, 2.45) is 0 Å². The second-order valence-electron chi connectivity index (χ2n) is 5.38. The minimum atomic E-state index is -0.439. The van der Waals surface area contributed by atoms with Crippen molar-refractivity contribution in [1.29, 1.82) is 0 Å². The van der Waals surface area contributed by atoms with E-state index in [0.29, 0.717) is 11.4 Å². The minimum Gasteiger partial charge on any atom is -0.472 e. The van der Waals surface area contributed by atoms with Gasteiger partial charge in [-0.2, -0.15) is 5.10 Å². The van der Waals surface area contributed by atoms with Crippen LogP contribution in [0.1, 0.15) is 12.8 Å². The monoisotopic (exact) mass is 298 g/mol. The van der Waals surface area contributed by atoms with Crippen molar-refractivity contribution in [3.05, 3.63) is 36.1 Å². The number of aromatic nitrogens is 3. The summed E-state index contributed by atoms with van der Waals surface area (Å²) in [6.07, 6.45) is 2.02. The van der Waals surface area contributed by atoms with E-state index in [1.807, 2.05) is 25.2 Å². The quantitative estimate of drug-likeness (QED) is 0.775. The average molecular weight is 298 g/mol. The van der Waals surface area contributed by atoms with Gasteiger partial charge in [0.05, 0.1) is 11.2 Å². The van der Waals surface area contributed by atoms with Crippen molar-refractivity contribution in [1.82, 2.24) is 15.2 Å². The Kier molecular flexibility index (Phi) is 2.96. The Balaban J connectivity index is 1.80. The van der Waals surface area contributed by atoms with Gasteiger partial charge in [-0.05, 0) is 43.2 Å². The van der Waals surface area contributed by atoms with Gasteiger partial charge >= 0.3 is 0 Å². The smallest absolute Gasteiger partial charge is 0.251 e. The number of H-pyrrole nitrogens is 1. The van der Waals surface area contributed by atoms with E-state index < -0.39 is 5.82 Å². The first-order valence-corrected chi connectivity index (χ1v) is 7.24. The molecule has 1 saturated carbocycles. The summed E-state index contributed by atoms with van der Waals surface area (Å²) in [6, 6.07) is 8.90. The molecule has 22 heavy (non-hydrogen) atoms. The van der Waals surface area contributed by atoms with Crippen molar-refractivity contribution >= 4 is 16.6 Å². The van der Waals surface area contributed by atoms with Gasteiger partial charge in [-0.3, -0.25) is 5.10 Å². The molecule has 0 amide bonds. The molecule has 0 radical (unpaired) electrons. The highest BCUT2D eigenvalue weighted by atomic mass is 19.1. The summed E-state index contributed by atoms with van der Waals surface area (Å²) in [4.78, 5) is 4.30. The molecule has 1 fully saturated rings. The van der Waals surface area contributed by atoms with Crippen LogP contribution in [0.25, 0.3) is 22.3 Å². The average Bonchev–Trinajstić information content (AvgIpc) is 3.26. The SMILES string of the molecule is CNc1ccc2[nH]nc(-c3ccc(F)c(OC4CC4)n3)c2c1. The van der Waals surface area contributed by atoms with Gasteiger partial charge in [-0.15, -0.1) is 0 Å². The maximum absolute atomic E-state index is 13.8. The van der Waals surface area contributed by atoms with Crippen molar-refractivity contribution in [2.45, 2.75) is 18.9 Å². The molecular formula is C16H15FN4O. The Morgan fingerprint density at radius 1 is 1.27 bits per heavy atom. The lowest BCUT2D eigenvalue weighted by atomic mass is 10.1. The second-order valence-corrected chi connectivity index (χ2v) is 5.38. The first-order valence-electron chi connectivity index (χ1n) is 7.24. The molecule has 4 rings (SSSR count). The van der Waals surface area contributed by atoms with Crippen LogP contribution >= 0.6 is 0 Å². The Morgan fingerprint density at radius 2 is 2.14 bits per heavy atom. The molecular weight excluding hydrogens is 283 g/mol. The van der Waals surface area contributed by atoms with Gasteiger partial charge in [-0.1, -0.05) is 0 Å². The number of anilines is 1. The third kappa shape index (κ3) is 2.26. The maximum Gasteiger partial charge on any atom is 0.251 e. The van der Waals surface area contributed by atoms with Gasteiger partial charge in [0.1, 0.15) is 11.8 Å². The highest BCUT2D eigenvalue weighted by molar-refractivity contribution is 5.94. The summed E-state index contributed by atoms with van der Waals surface area (Å²) in [5.41, 5.74) is 3.17. The molecule has 0 unspecified atom stereocenters. The maximum atomic E-state index is 13.8. The van der Waals surface area contributed by atoms with Crippen LogP contribution in [-0.2, 0) is 0 Å². The molecule has 0 saturated heterocycles. The van der Waals surface area contributed by atoms with E-state index in [2.05, 4.69) is 20.5 Å². The summed E-state index contributed by atoms with van der Waals surface area (Å²) in [5.74, 6) is -0.382. The van der Waals surface area contributed by atoms with E-state index >= 15 is 0 Å². The van der Waals surface area contributed by atoms with Crippen LogP contribution < -0.4 is 10.1 Å². The molecule has 6 heteroatoms. The van der Waals surface area contributed by atoms with Crippen molar-refractivity contribution < 1.29 is 9.13 Å². The topological polar surface area (TPSA) is 62.8 Å². The summed E-state index contributed by atoms with van der Waals surface area (Å²) in [7, 11) is 1.86. The summed E-state index contributed by atoms with van der Waals surface area (Å²) < 4.78 is 19.3.